The molecule has 0 aliphatic rings. The molecule has 0 fully saturated rings. The average Bonchev–Trinajstić information content (AvgIpc) is 3.06. The lowest BCUT2D eigenvalue weighted by Gasteiger charge is -2.12. The number of allylic oxidation sites excluding steroid dienone is 1. The maximum absolute atomic E-state index is 11.9. The zero-order valence-electron chi connectivity index (χ0n) is 14.4. The van der Waals surface area contributed by atoms with Gasteiger partial charge in [0.05, 0.1) is 6.20 Å². The van der Waals surface area contributed by atoms with E-state index in [1.165, 1.54) is 0 Å². The second-order valence-electron chi connectivity index (χ2n) is 5.75. The van der Waals surface area contributed by atoms with Gasteiger partial charge in [0.1, 0.15) is 6.04 Å². The minimum absolute atomic E-state index is 0.119. The molecule has 0 radical (unpaired) electrons. The Bertz CT molecular complexity index is 747. The van der Waals surface area contributed by atoms with E-state index in [-0.39, 0.29) is 18.7 Å². The smallest absolute Gasteiger partial charge is 0.326 e. The van der Waals surface area contributed by atoms with Gasteiger partial charge in [0.25, 0.3) is 0 Å². The van der Waals surface area contributed by atoms with Crippen molar-refractivity contribution in [3.63, 3.8) is 0 Å². The van der Waals surface area contributed by atoms with E-state index in [0.717, 1.165) is 11.1 Å². The Balaban J connectivity index is 1.89. The normalized spacial score (nSPS) is 12.2. The maximum Gasteiger partial charge on any atom is 0.326 e. The summed E-state index contributed by atoms with van der Waals surface area (Å²) in [4.78, 5) is 27.2. The number of carboxylic acids is 1. The number of oxazole rings is 1. The van der Waals surface area contributed by atoms with Crippen LogP contribution < -0.4 is 5.32 Å². The van der Waals surface area contributed by atoms with Gasteiger partial charge in [-0.15, -0.1) is 0 Å². The Hall–Kier alpha value is -2.89. The van der Waals surface area contributed by atoms with Crippen molar-refractivity contribution in [2.24, 2.45) is 0 Å². The summed E-state index contributed by atoms with van der Waals surface area (Å²) in [6.45, 7) is 3.81. The third kappa shape index (κ3) is 5.60. The van der Waals surface area contributed by atoms with E-state index in [4.69, 9.17) is 9.52 Å². The molecule has 0 aliphatic carbocycles. The highest BCUT2D eigenvalue weighted by molar-refractivity contribution is 5.83. The third-order valence-electron chi connectivity index (χ3n) is 3.70. The summed E-state index contributed by atoms with van der Waals surface area (Å²) in [6.07, 6.45) is 5.78. The van der Waals surface area contributed by atoms with Crippen LogP contribution in [0.15, 0.2) is 47.0 Å². The largest absolute Gasteiger partial charge is 0.480 e. The van der Waals surface area contributed by atoms with Gasteiger partial charge in [0, 0.05) is 18.4 Å². The molecule has 0 bridgehead atoms. The lowest BCUT2D eigenvalue weighted by molar-refractivity contribution is -0.141. The summed E-state index contributed by atoms with van der Waals surface area (Å²) in [5, 5.41) is 11.6. The van der Waals surface area contributed by atoms with Crippen molar-refractivity contribution in [3.05, 3.63) is 54.1 Å². The molecule has 1 aromatic carbocycles. The summed E-state index contributed by atoms with van der Waals surface area (Å²) >= 11 is 0. The molecule has 1 amide bonds. The average molecular weight is 342 g/mol. The Morgan fingerprint density at radius 2 is 2.04 bits per heavy atom. The van der Waals surface area contributed by atoms with Crippen LogP contribution in [0.5, 0.6) is 0 Å². The predicted octanol–water partition coefficient (Wildman–Crippen LogP) is 3.12. The van der Waals surface area contributed by atoms with E-state index < -0.39 is 12.0 Å². The number of hydrogen-bond donors (Lipinski definition) is 2. The number of rotatable bonds is 8. The molecule has 6 nitrogen and oxygen atoms in total. The fraction of sp³-hybridized carbons (Fsp3) is 0.316. The van der Waals surface area contributed by atoms with Crippen LogP contribution in [0.4, 0.5) is 0 Å². The Morgan fingerprint density at radius 3 is 2.68 bits per heavy atom. The molecule has 1 heterocycles. The highest BCUT2D eigenvalue weighted by atomic mass is 16.4. The zero-order valence-corrected chi connectivity index (χ0v) is 14.4. The molecule has 25 heavy (non-hydrogen) atoms. The standard InChI is InChI=1S/C19H22N2O4/c1-3-4-5-15(19(23)24)21-17(22)10-11-18-20-12-16(25-18)14-8-6-13(2)7-9-14/h3-4,6-9,12,15H,5,10-11H2,1-2H3,(H,21,22)(H,23,24)/b4-3+. The Kier molecular flexibility index (Phi) is 6.51. The summed E-state index contributed by atoms with van der Waals surface area (Å²) in [7, 11) is 0. The van der Waals surface area contributed by atoms with E-state index in [1.807, 2.05) is 31.2 Å². The minimum atomic E-state index is -1.05. The van der Waals surface area contributed by atoms with Crippen molar-refractivity contribution in [3.8, 4) is 11.3 Å². The molecule has 1 atom stereocenters. The van der Waals surface area contributed by atoms with Crippen LogP contribution in [-0.2, 0) is 16.0 Å². The number of nitrogens with zero attached hydrogens (tertiary/aromatic N) is 1. The van der Waals surface area contributed by atoms with Gasteiger partial charge in [-0.3, -0.25) is 4.79 Å². The third-order valence-corrected chi connectivity index (χ3v) is 3.70. The van der Waals surface area contributed by atoms with Crippen molar-refractivity contribution >= 4 is 11.9 Å². The lowest BCUT2D eigenvalue weighted by Crippen LogP contribution is -2.40. The van der Waals surface area contributed by atoms with Gasteiger partial charge in [-0.25, -0.2) is 9.78 Å². The van der Waals surface area contributed by atoms with Gasteiger partial charge in [-0.2, -0.15) is 0 Å². The molecular weight excluding hydrogens is 320 g/mol. The fourth-order valence-electron chi connectivity index (χ4n) is 2.26. The van der Waals surface area contributed by atoms with Gasteiger partial charge in [-0.1, -0.05) is 42.0 Å². The van der Waals surface area contributed by atoms with Crippen LogP contribution in [0, 0.1) is 6.92 Å². The van der Waals surface area contributed by atoms with Crippen molar-refractivity contribution in [1.82, 2.24) is 10.3 Å². The van der Waals surface area contributed by atoms with Gasteiger partial charge in [-0.05, 0) is 20.3 Å². The molecule has 132 valence electrons. The zero-order chi connectivity index (χ0) is 18.2. The van der Waals surface area contributed by atoms with E-state index in [2.05, 4.69) is 10.3 Å². The second kappa shape index (κ2) is 8.82. The number of carbonyl (C=O) groups is 2. The number of amides is 1. The molecule has 2 aromatic rings. The number of carboxylic acid groups (broad SMARTS) is 1. The molecule has 0 saturated carbocycles. The van der Waals surface area contributed by atoms with E-state index in [0.29, 0.717) is 18.1 Å². The van der Waals surface area contributed by atoms with E-state index in [9.17, 15) is 9.59 Å². The highest BCUT2D eigenvalue weighted by Crippen LogP contribution is 2.21. The Morgan fingerprint density at radius 1 is 1.32 bits per heavy atom. The molecule has 2 rings (SSSR count). The number of aromatic nitrogens is 1. The first kappa shape index (κ1) is 18.4. The second-order valence-corrected chi connectivity index (χ2v) is 5.75. The van der Waals surface area contributed by atoms with Crippen molar-refractivity contribution in [2.45, 2.75) is 39.2 Å². The molecule has 0 aliphatic heterocycles. The molecule has 0 spiro atoms. The van der Waals surface area contributed by atoms with E-state index >= 15 is 0 Å². The van der Waals surface area contributed by atoms with Gasteiger partial charge in [0.2, 0.25) is 5.91 Å². The number of carbonyl (C=O) groups excluding carboxylic acids is 1. The van der Waals surface area contributed by atoms with Crippen LogP contribution in [0.25, 0.3) is 11.3 Å². The quantitative estimate of drug-likeness (QED) is 0.719. The topological polar surface area (TPSA) is 92.4 Å². The molecule has 6 heteroatoms. The number of aryl methyl sites for hydroxylation is 2. The first-order valence-corrected chi connectivity index (χ1v) is 8.14. The van der Waals surface area contributed by atoms with Crippen LogP contribution in [0.3, 0.4) is 0 Å². The van der Waals surface area contributed by atoms with Crippen LogP contribution in [0.2, 0.25) is 0 Å². The van der Waals surface area contributed by atoms with Crippen molar-refractivity contribution < 1.29 is 19.1 Å². The highest BCUT2D eigenvalue weighted by Gasteiger charge is 2.18. The predicted molar refractivity (Wildman–Crippen MR) is 94.0 cm³/mol. The minimum Gasteiger partial charge on any atom is -0.480 e. The SMILES string of the molecule is C/C=C/CC(NC(=O)CCc1ncc(-c2ccc(C)cc2)o1)C(=O)O. The van der Waals surface area contributed by atoms with Crippen LogP contribution in [0.1, 0.15) is 31.2 Å². The summed E-state index contributed by atoms with van der Waals surface area (Å²) < 4.78 is 5.66. The molecule has 2 N–H and O–H groups in total. The summed E-state index contributed by atoms with van der Waals surface area (Å²) in [5.41, 5.74) is 2.08. The number of aliphatic carboxylic acids is 1. The van der Waals surface area contributed by atoms with Crippen LogP contribution >= 0.6 is 0 Å². The monoisotopic (exact) mass is 342 g/mol. The lowest BCUT2D eigenvalue weighted by atomic mass is 10.1. The van der Waals surface area contributed by atoms with Gasteiger partial charge in [0.15, 0.2) is 11.7 Å². The van der Waals surface area contributed by atoms with Crippen molar-refractivity contribution in [2.75, 3.05) is 0 Å². The van der Waals surface area contributed by atoms with Gasteiger partial charge < -0.3 is 14.8 Å². The van der Waals surface area contributed by atoms with E-state index in [1.54, 1.807) is 25.3 Å². The Labute approximate surface area is 146 Å². The molecule has 1 aromatic heterocycles. The number of hydrogen-bond acceptors (Lipinski definition) is 4. The maximum atomic E-state index is 11.9. The first-order valence-electron chi connectivity index (χ1n) is 8.14. The molecule has 1 unspecified atom stereocenters. The number of benzene rings is 1. The van der Waals surface area contributed by atoms with Crippen molar-refractivity contribution in [1.29, 1.82) is 0 Å². The van der Waals surface area contributed by atoms with Crippen LogP contribution in [-0.4, -0.2) is 28.0 Å². The van der Waals surface area contributed by atoms with Gasteiger partial charge >= 0.3 is 5.97 Å². The first-order chi connectivity index (χ1) is 12.0. The summed E-state index contributed by atoms with van der Waals surface area (Å²) in [6, 6.07) is 6.95. The molecular formula is C19H22N2O4. The molecule has 0 saturated heterocycles. The number of nitrogens with one attached hydrogen (secondary N) is 1. The summed E-state index contributed by atoms with van der Waals surface area (Å²) in [5.74, 6) is -0.297. The fourth-order valence-corrected chi connectivity index (χ4v) is 2.26.